The Labute approximate surface area is 129 Å². The Morgan fingerprint density at radius 1 is 1.20 bits per heavy atom. The molecule has 7 heteroatoms. The van der Waals surface area contributed by atoms with Gasteiger partial charge in [-0.05, 0) is 12.1 Å². The van der Waals surface area contributed by atoms with Gasteiger partial charge in [0.1, 0.15) is 5.37 Å². The summed E-state index contributed by atoms with van der Waals surface area (Å²) in [7, 11) is 0. The first-order valence-electron chi connectivity index (χ1n) is 5.82. The van der Waals surface area contributed by atoms with Gasteiger partial charge in [0.05, 0.1) is 27.2 Å². The van der Waals surface area contributed by atoms with Crippen molar-refractivity contribution < 1.29 is 4.79 Å². The van der Waals surface area contributed by atoms with Crippen LogP contribution in [0.2, 0.25) is 10.0 Å². The first-order chi connectivity index (χ1) is 9.65. The Hall–Kier alpha value is -1.30. The van der Waals surface area contributed by atoms with Crippen LogP contribution in [0.1, 0.15) is 11.1 Å². The molecule has 2 aromatic rings. The van der Waals surface area contributed by atoms with Crippen LogP contribution in [0.5, 0.6) is 0 Å². The third-order valence-corrected chi connectivity index (χ3v) is 4.68. The van der Waals surface area contributed by atoms with Crippen molar-refractivity contribution in [3.8, 4) is 11.3 Å². The standard InChI is InChI=1S/C13H9Cl2N3OS/c14-8-2-1-7(5-9(8)15)11-12(17-4-3-16-11)13-18-10(19)6-20-13/h1-5,13H,6H2,(H,18,19). The number of nitrogens with one attached hydrogen (secondary N) is 1. The first kappa shape index (κ1) is 13.7. The summed E-state index contributed by atoms with van der Waals surface area (Å²) >= 11 is 13.5. The molecular weight excluding hydrogens is 317 g/mol. The zero-order valence-electron chi connectivity index (χ0n) is 10.1. The molecule has 0 spiro atoms. The summed E-state index contributed by atoms with van der Waals surface area (Å²) in [6, 6.07) is 5.31. The van der Waals surface area contributed by atoms with Gasteiger partial charge in [0.2, 0.25) is 5.91 Å². The van der Waals surface area contributed by atoms with Crippen LogP contribution in [0.4, 0.5) is 0 Å². The van der Waals surface area contributed by atoms with Gasteiger partial charge >= 0.3 is 0 Å². The van der Waals surface area contributed by atoms with Crippen LogP contribution in [0, 0.1) is 0 Å². The second kappa shape index (κ2) is 5.60. The van der Waals surface area contributed by atoms with E-state index in [-0.39, 0.29) is 11.3 Å². The van der Waals surface area contributed by atoms with E-state index in [1.165, 1.54) is 11.8 Å². The highest BCUT2D eigenvalue weighted by atomic mass is 35.5. The fourth-order valence-electron chi connectivity index (χ4n) is 1.94. The highest BCUT2D eigenvalue weighted by Gasteiger charge is 2.27. The van der Waals surface area contributed by atoms with Crippen molar-refractivity contribution in [1.82, 2.24) is 15.3 Å². The van der Waals surface area contributed by atoms with Gasteiger partial charge in [-0.1, -0.05) is 29.3 Å². The fourth-order valence-corrected chi connectivity index (χ4v) is 3.19. The third-order valence-electron chi connectivity index (χ3n) is 2.84. The van der Waals surface area contributed by atoms with Crippen LogP contribution in [0.25, 0.3) is 11.3 Å². The van der Waals surface area contributed by atoms with Crippen LogP contribution in [-0.4, -0.2) is 21.6 Å². The molecule has 1 aromatic carbocycles. The van der Waals surface area contributed by atoms with E-state index in [1.807, 2.05) is 6.07 Å². The molecule has 0 saturated carbocycles. The molecule has 102 valence electrons. The van der Waals surface area contributed by atoms with Gasteiger partial charge in [-0.3, -0.25) is 14.8 Å². The Balaban J connectivity index is 2.05. The second-order valence-corrected chi connectivity index (χ2v) is 6.09. The average Bonchev–Trinajstić information content (AvgIpc) is 2.88. The normalized spacial score (nSPS) is 18.1. The molecule has 4 nitrogen and oxygen atoms in total. The predicted molar refractivity (Wildman–Crippen MR) is 80.8 cm³/mol. The monoisotopic (exact) mass is 325 g/mol. The number of hydrogen-bond acceptors (Lipinski definition) is 4. The molecule has 20 heavy (non-hydrogen) atoms. The molecule has 1 atom stereocenters. The lowest BCUT2D eigenvalue weighted by molar-refractivity contribution is -0.118. The lowest BCUT2D eigenvalue weighted by atomic mass is 10.1. The molecule has 1 fully saturated rings. The lowest BCUT2D eigenvalue weighted by Crippen LogP contribution is -2.20. The van der Waals surface area contributed by atoms with Crippen LogP contribution in [0.15, 0.2) is 30.6 Å². The van der Waals surface area contributed by atoms with E-state index >= 15 is 0 Å². The minimum Gasteiger partial charge on any atom is -0.338 e. The number of carbonyl (C=O) groups excluding carboxylic acids is 1. The second-order valence-electron chi connectivity index (χ2n) is 4.18. The number of rotatable bonds is 2. The maximum absolute atomic E-state index is 11.4. The number of nitrogens with zero attached hydrogens (tertiary/aromatic N) is 2. The summed E-state index contributed by atoms with van der Waals surface area (Å²) in [6.45, 7) is 0. The summed E-state index contributed by atoms with van der Waals surface area (Å²) in [4.78, 5) is 20.1. The SMILES string of the molecule is O=C1CSC(c2nccnc2-c2ccc(Cl)c(Cl)c2)N1. The molecule has 0 aliphatic carbocycles. The Morgan fingerprint density at radius 2 is 2.00 bits per heavy atom. The number of aromatic nitrogens is 2. The Kier molecular flexibility index (Phi) is 3.83. The molecule has 0 radical (unpaired) electrons. The van der Waals surface area contributed by atoms with E-state index in [0.717, 1.165) is 11.3 Å². The molecule has 1 unspecified atom stereocenters. The van der Waals surface area contributed by atoms with Crippen LogP contribution < -0.4 is 5.32 Å². The number of benzene rings is 1. The molecule has 2 heterocycles. The van der Waals surface area contributed by atoms with Crippen molar-refractivity contribution in [1.29, 1.82) is 0 Å². The van der Waals surface area contributed by atoms with Crippen molar-refractivity contribution in [2.24, 2.45) is 0 Å². The van der Waals surface area contributed by atoms with Crippen LogP contribution in [0.3, 0.4) is 0 Å². The largest absolute Gasteiger partial charge is 0.338 e. The maximum Gasteiger partial charge on any atom is 0.231 e. The minimum atomic E-state index is -0.180. The molecule has 1 aliphatic rings. The van der Waals surface area contributed by atoms with Gasteiger partial charge in [0.15, 0.2) is 0 Å². The third kappa shape index (κ3) is 2.61. The fraction of sp³-hybridized carbons (Fsp3) is 0.154. The van der Waals surface area contributed by atoms with Crippen molar-refractivity contribution in [3.05, 3.63) is 46.3 Å². The van der Waals surface area contributed by atoms with E-state index in [1.54, 1.807) is 24.5 Å². The smallest absolute Gasteiger partial charge is 0.231 e. The highest BCUT2D eigenvalue weighted by Crippen LogP contribution is 2.35. The van der Waals surface area contributed by atoms with Crippen molar-refractivity contribution >= 4 is 40.9 Å². The van der Waals surface area contributed by atoms with Gasteiger partial charge < -0.3 is 5.32 Å². The number of carbonyl (C=O) groups is 1. The molecule has 1 amide bonds. The van der Waals surface area contributed by atoms with Crippen LogP contribution in [-0.2, 0) is 4.79 Å². The summed E-state index contributed by atoms with van der Waals surface area (Å²) in [5.74, 6) is 0.438. The Morgan fingerprint density at radius 3 is 2.70 bits per heavy atom. The molecule has 1 saturated heterocycles. The zero-order valence-corrected chi connectivity index (χ0v) is 12.5. The molecule has 1 N–H and O–H groups in total. The molecule has 3 rings (SSSR count). The first-order valence-corrected chi connectivity index (χ1v) is 7.63. The van der Waals surface area contributed by atoms with E-state index in [4.69, 9.17) is 23.2 Å². The van der Waals surface area contributed by atoms with Gasteiger partial charge in [-0.15, -0.1) is 11.8 Å². The minimum absolute atomic E-state index is 0.00532. The van der Waals surface area contributed by atoms with Crippen molar-refractivity contribution in [2.45, 2.75) is 5.37 Å². The van der Waals surface area contributed by atoms with Crippen molar-refractivity contribution in [2.75, 3.05) is 5.75 Å². The lowest BCUT2D eigenvalue weighted by Gasteiger charge is -2.13. The highest BCUT2D eigenvalue weighted by molar-refractivity contribution is 8.00. The van der Waals surface area contributed by atoms with Gasteiger partial charge in [0, 0.05) is 18.0 Å². The molecule has 1 aromatic heterocycles. The summed E-state index contributed by atoms with van der Waals surface area (Å²) < 4.78 is 0. The van der Waals surface area contributed by atoms with Crippen LogP contribution >= 0.6 is 35.0 Å². The molecular formula is C13H9Cl2N3OS. The van der Waals surface area contributed by atoms with Gasteiger partial charge in [-0.2, -0.15) is 0 Å². The number of halogens is 2. The predicted octanol–water partition coefficient (Wildman–Crippen LogP) is 3.31. The molecule has 1 aliphatic heterocycles. The number of hydrogen-bond donors (Lipinski definition) is 1. The van der Waals surface area contributed by atoms with E-state index in [9.17, 15) is 4.79 Å². The quantitative estimate of drug-likeness (QED) is 0.920. The summed E-state index contributed by atoms with van der Waals surface area (Å²) in [6.07, 6.45) is 3.23. The number of amides is 1. The topological polar surface area (TPSA) is 54.9 Å². The Bertz CT molecular complexity index is 680. The van der Waals surface area contributed by atoms with E-state index in [2.05, 4.69) is 15.3 Å². The van der Waals surface area contributed by atoms with E-state index in [0.29, 0.717) is 21.5 Å². The summed E-state index contributed by atoms with van der Waals surface area (Å²) in [5.41, 5.74) is 2.25. The molecule has 0 bridgehead atoms. The number of thioether (sulfide) groups is 1. The van der Waals surface area contributed by atoms with Gasteiger partial charge in [-0.25, -0.2) is 0 Å². The maximum atomic E-state index is 11.4. The van der Waals surface area contributed by atoms with Crippen molar-refractivity contribution in [3.63, 3.8) is 0 Å². The summed E-state index contributed by atoms with van der Waals surface area (Å²) in [5, 5.41) is 3.64. The average molecular weight is 326 g/mol. The van der Waals surface area contributed by atoms with Gasteiger partial charge in [0.25, 0.3) is 0 Å². The van der Waals surface area contributed by atoms with E-state index < -0.39 is 0 Å². The zero-order chi connectivity index (χ0) is 14.1.